The molecular weight excluding hydrogens is 278 g/mol. The molecule has 0 aromatic rings. The number of carbonyl (C=O) groups is 1. The van der Waals surface area contributed by atoms with E-state index in [9.17, 15) is 4.79 Å². The van der Waals surface area contributed by atoms with Gasteiger partial charge in [0, 0.05) is 39.8 Å². The monoisotopic (exact) mass is 311 g/mol. The first-order chi connectivity index (χ1) is 10.6. The van der Waals surface area contributed by atoms with E-state index in [1.54, 1.807) is 7.11 Å². The van der Waals surface area contributed by atoms with Crippen LogP contribution in [0.3, 0.4) is 0 Å². The van der Waals surface area contributed by atoms with Crippen LogP contribution in [0.25, 0.3) is 0 Å². The highest BCUT2D eigenvalue weighted by Crippen LogP contribution is 2.22. The van der Waals surface area contributed by atoms with Crippen molar-refractivity contribution in [2.24, 2.45) is 5.92 Å². The summed E-state index contributed by atoms with van der Waals surface area (Å²) in [7, 11) is 5.81. The van der Waals surface area contributed by atoms with Gasteiger partial charge in [-0.25, -0.2) is 0 Å². The van der Waals surface area contributed by atoms with Crippen LogP contribution in [0.4, 0.5) is 0 Å². The standard InChI is InChI=1S/C17H33N3O2/c1-18(16-6-4-5-7-16)14-17(21)19(2)12-15-8-9-20(13-15)10-11-22-3/h15-16H,4-14H2,1-3H3. The minimum absolute atomic E-state index is 0.268. The van der Waals surface area contributed by atoms with Crippen molar-refractivity contribution in [3.8, 4) is 0 Å². The molecule has 0 N–H and O–H groups in total. The largest absolute Gasteiger partial charge is 0.383 e. The molecule has 0 bridgehead atoms. The van der Waals surface area contributed by atoms with E-state index in [1.165, 1.54) is 32.1 Å². The van der Waals surface area contributed by atoms with Gasteiger partial charge in [0.1, 0.15) is 0 Å². The lowest BCUT2D eigenvalue weighted by Gasteiger charge is -2.27. The Morgan fingerprint density at radius 3 is 2.64 bits per heavy atom. The number of likely N-dealkylation sites (N-methyl/N-ethyl adjacent to an activating group) is 2. The highest BCUT2D eigenvalue weighted by molar-refractivity contribution is 5.78. The molecule has 1 aliphatic heterocycles. The van der Waals surface area contributed by atoms with Crippen LogP contribution in [-0.4, -0.2) is 87.2 Å². The van der Waals surface area contributed by atoms with Crippen molar-refractivity contribution < 1.29 is 9.53 Å². The topological polar surface area (TPSA) is 36.0 Å². The van der Waals surface area contributed by atoms with E-state index in [0.29, 0.717) is 18.5 Å². The maximum atomic E-state index is 12.4. The third-order valence-electron chi connectivity index (χ3n) is 5.27. The molecule has 5 heteroatoms. The molecule has 1 saturated carbocycles. The van der Waals surface area contributed by atoms with Crippen LogP contribution in [0.15, 0.2) is 0 Å². The molecule has 2 fully saturated rings. The second kappa shape index (κ2) is 8.85. The van der Waals surface area contributed by atoms with E-state index < -0.39 is 0 Å². The van der Waals surface area contributed by atoms with Gasteiger partial charge in [0.05, 0.1) is 13.2 Å². The summed E-state index contributed by atoms with van der Waals surface area (Å²) >= 11 is 0. The van der Waals surface area contributed by atoms with E-state index in [-0.39, 0.29) is 5.91 Å². The third kappa shape index (κ3) is 5.21. The number of rotatable bonds is 8. The summed E-state index contributed by atoms with van der Waals surface area (Å²) < 4.78 is 5.14. The Morgan fingerprint density at radius 2 is 1.95 bits per heavy atom. The van der Waals surface area contributed by atoms with Crippen LogP contribution >= 0.6 is 0 Å². The summed E-state index contributed by atoms with van der Waals surface area (Å²) in [4.78, 5) is 19.0. The first-order valence-electron chi connectivity index (χ1n) is 8.75. The molecule has 1 amide bonds. The van der Waals surface area contributed by atoms with Gasteiger partial charge < -0.3 is 14.5 Å². The van der Waals surface area contributed by atoms with Crippen LogP contribution in [-0.2, 0) is 9.53 Å². The predicted octanol–water partition coefficient (Wildman–Crippen LogP) is 1.29. The highest BCUT2D eigenvalue weighted by atomic mass is 16.5. The molecule has 1 atom stereocenters. The van der Waals surface area contributed by atoms with Crippen LogP contribution in [0.2, 0.25) is 0 Å². The van der Waals surface area contributed by atoms with Crippen LogP contribution < -0.4 is 0 Å². The Labute approximate surface area is 135 Å². The first-order valence-corrected chi connectivity index (χ1v) is 8.75. The molecule has 1 heterocycles. The zero-order valence-electron chi connectivity index (χ0n) is 14.6. The Balaban J connectivity index is 1.67. The Hall–Kier alpha value is -0.650. The fraction of sp³-hybridized carbons (Fsp3) is 0.941. The average molecular weight is 311 g/mol. The Bertz CT molecular complexity index is 345. The number of carbonyl (C=O) groups excluding carboxylic acids is 1. The first kappa shape index (κ1) is 17.7. The van der Waals surface area contributed by atoms with Crippen molar-refractivity contribution in [2.75, 3.05) is 60.5 Å². The molecule has 1 aliphatic carbocycles. The van der Waals surface area contributed by atoms with Gasteiger partial charge in [-0.05, 0) is 38.8 Å². The molecule has 0 aromatic carbocycles. The number of nitrogens with zero attached hydrogens (tertiary/aromatic N) is 3. The summed E-state index contributed by atoms with van der Waals surface area (Å²) in [6.07, 6.45) is 6.34. The minimum Gasteiger partial charge on any atom is -0.383 e. The quantitative estimate of drug-likeness (QED) is 0.677. The van der Waals surface area contributed by atoms with Gasteiger partial charge in [0.25, 0.3) is 0 Å². The average Bonchev–Trinajstić information content (AvgIpc) is 3.16. The van der Waals surface area contributed by atoms with Gasteiger partial charge in [-0.1, -0.05) is 12.8 Å². The molecular formula is C17H33N3O2. The fourth-order valence-electron chi connectivity index (χ4n) is 3.78. The molecule has 5 nitrogen and oxygen atoms in total. The lowest BCUT2D eigenvalue weighted by molar-refractivity contribution is -0.131. The molecule has 1 saturated heterocycles. The van der Waals surface area contributed by atoms with Gasteiger partial charge >= 0.3 is 0 Å². The number of amides is 1. The lowest BCUT2D eigenvalue weighted by Crippen LogP contribution is -2.42. The number of hydrogen-bond acceptors (Lipinski definition) is 4. The number of likely N-dealkylation sites (tertiary alicyclic amines) is 1. The van der Waals surface area contributed by atoms with Crippen molar-refractivity contribution in [2.45, 2.75) is 38.1 Å². The lowest BCUT2D eigenvalue weighted by atomic mass is 10.1. The van der Waals surface area contributed by atoms with E-state index in [2.05, 4.69) is 16.8 Å². The molecule has 22 heavy (non-hydrogen) atoms. The maximum absolute atomic E-state index is 12.4. The zero-order valence-corrected chi connectivity index (χ0v) is 14.6. The van der Waals surface area contributed by atoms with Gasteiger partial charge in [0.15, 0.2) is 0 Å². The van der Waals surface area contributed by atoms with Gasteiger partial charge in [-0.2, -0.15) is 0 Å². The summed E-state index contributed by atoms with van der Waals surface area (Å²) in [6.45, 7) is 5.50. The maximum Gasteiger partial charge on any atom is 0.236 e. The summed E-state index contributed by atoms with van der Waals surface area (Å²) in [5.41, 5.74) is 0. The second-order valence-corrected chi connectivity index (χ2v) is 7.08. The SMILES string of the molecule is COCCN1CCC(CN(C)C(=O)CN(C)C2CCCC2)C1. The predicted molar refractivity (Wildman–Crippen MR) is 88.9 cm³/mol. The van der Waals surface area contributed by atoms with Gasteiger partial charge in [-0.3, -0.25) is 9.69 Å². The van der Waals surface area contributed by atoms with E-state index in [0.717, 1.165) is 32.8 Å². The Morgan fingerprint density at radius 1 is 1.23 bits per heavy atom. The molecule has 0 spiro atoms. The van der Waals surface area contributed by atoms with Crippen LogP contribution in [0.1, 0.15) is 32.1 Å². The van der Waals surface area contributed by atoms with E-state index in [4.69, 9.17) is 4.74 Å². The molecule has 2 rings (SSSR count). The summed E-state index contributed by atoms with van der Waals surface area (Å²) in [5.74, 6) is 0.882. The molecule has 0 radical (unpaired) electrons. The number of hydrogen-bond donors (Lipinski definition) is 0. The van der Waals surface area contributed by atoms with Crippen molar-refractivity contribution in [3.05, 3.63) is 0 Å². The minimum atomic E-state index is 0.268. The number of methoxy groups -OCH3 is 1. The second-order valence-electron chi connectivity index (χ2n) is 7.08. The van der Waals surface area contributed by atoms with Crippen LogP contribution in [0, 0.1) is 5.92 Å². The third-order valence-corrected chi connectivity index (χ3v) is 5.27. The number of ether oxygens (including phenoxy) is 1. The smallest absolute Gasteiger partial charge is 0.236 e. The molecule has 2 aliphatic rings. The Kier molecular flexibility index (Phi) is 7.12. The molecule has 0 aromatic heterocycles. The van der Waals surface area contributed by atoms with Crippen molar-refractivity contribution in [1.29, 1.82) is 0 Å². The van der Waals surface area contributed by atoms with Gasteiger partial charge in [0.2, 0.25) is 5.91 Å². The highest BCUT2D eigenvalue weighted by Gasteiger charge is 2.26. The molecule has 128 valence electrons. The van der Waals surface area contributed by atoms with E-state index >= 15 is 0 Å². The fourth-order valence-corrected chi connectivity index (χ4v) is 3.78. The normalized spacial score (nSPS) is 23.5. The van der Waals surface area contributed by atoms with Crippen LogP contribution in [0.5, 0.6) is 0 Å². The van der Waals surface area contributed by atoms with Crippen molar-refractivity contribution in [1.82, 2.24) is 14.7 Å². The zero-order chi connectivity index (χ0) is 15.9. The van der Waals surface area contributed by atoms with Crippen molar-refractivity contribution >= 4 is 5.91 Å². The summed E-state index contributed by atoms with van der Waals surface area (Å²) in [5, 5.41) is 0. The summed E-state index contributed by atoms with van der Waals surface area (Å²) in [6, 6.07) is 0.619. The van der Waals surface area contributed by atoms with Crippen molar-refractivity contribution in [3.63, 3.8) is 0 Å². The molecule has 1 unspecified atom stereocenters. The van der Waals surface area contributed by atoms with Gasteiger partial charge in [-0.15, -0.1) is 0 Å². The van der Waals surface area contributed by atoms with E-state index in [1.807, 2.05) is 11.9 Å².